The second-order valence-corrected chi connectivity index (χ2v) is 3.79. The highest BCUT2D eigenvalue weighted by molar-refractivity contribution is 5.70. The summed E-state index contributed by atoms with van der Waals surface area (Å²) < 4.78 is 5.08. The largest absolute Gasteiger partial charge is 0.412 e. The van der Waals surface area contributed by atoms with Gasteiger partial charge in [-0.05, 0) is 37.6 Å². The van der Waals surface area contributed by atoms with Gasteiger partial charge in [-0.2, -0.15) is 0 Å². The molecule has 1 aromatic carbocycles. The van der Waals surface area contributed by atoms with Crippen molar-refractivity contribution in [2.24, 2.45) is 0 Å². The van der Waals surface area contributed by atoms with Crippen molar-refractivity contribution < 1.29 is 9.53 Å². The average Bonchev–Trinajstić information content (AvgIpc) is 2.21. The summed E-state index contributed by atoms with van der Waals surface area (Å²) in [4.78, 5) is 11.4. The summed E-state index contributed by atoms with van der Waals surface area (Å²) in [7, 11) is 0. The van der Waals surface area contributed by atoms with Gasteiger partial charge in [0.15, 0.2) is 0 Å². The Kier molecular flexibility index (Phi) is 4.64. The van der Waals surface area contributed by atoms with Gasteiger partial charge < -0.3 is 15.8 Å². The first-order valence-corrected chi connectivity index (χ1v) is 5.45. The third kappa shape index (κ3) is 4.21. The Morgan fingerprint density at radius 1 is 1.44 bits per heavy atom. The standard InChI is InChI=1S/C12H18N2O2/c1-3-4-9(2)14-12(15)16-11-7-5-10(13)6-8-11/h5-9H,3-4,13H2,1-2H3,(H,14,15)/t9-/m1/s1. The zero-order chi connectivity index (χ0) is 12.0. The zero-order valence-electron chi connectivity index (χ0n) is 9.69. The molecule has 88 valence electrons. The molecule has 4 nitrogen and oxygen atoms in total. The monoisotopic (exact) mass is 222 g/mol. The zero-order valence-corrected chi connectivity index (χ0v) is 9.69. The number of rotatable bonds is 4. The summed E-state index contributed by atoms with van der Waals surface area (Å²) in [6.07, 6.45) is 1.55. The predicted octanol–water partition coefficient (Wildman–Crippen LogP) is 2.55. The minimum absolute atomic E-state index is 0.131. The summed E-state index contributed by atoms with van der Waals surface area (Å²) in [6.45, 7) is 4.03. The smallest absolute Gasteiger partial charge is 0.410 e. The minimum Gasteiger partial charge on any atom is -0.410 e. The van der Waals surface area contributed by atoms with E-state index in [0.29, 0.717) is 11.4 Å². The number of hydrogen-bond acceptors (Lipinski definition) is 3. The molecule has 0 saturated carbocycles. The number of amides is 1. The molecule has 1 rings (SSSR count). The molecule has 0 aromatic heterocycles. The van der Waals surface area contributed by atoms with Crippen LogP contribution >= 0.6 is 0 Å². The van der Waals surface area contributed by atoms with Crippen LogP contribution in [0.1, 0.15) is 26.7 Å². The number of benzene rings is 1. The van der Waals surface area contributed by atoms with Gasteiger partial charge in [-0.25, -0.2) is 4.79 Å². The van der Waals surface area contributed by atoms with Gasteiger partial charge in [0, 0.05) is 11.7 Å². The van der Waals surface area contributed by atoms with E-state index in [4.69, 9.17) is 10.5 Å². The summed E-state index contributed by atoms with van der Waals surface area (Å²) in [5.74, 6) is 0.496. The van der Waals surface area contributed by atoms with Crippen LogP contribution in [0.5, 0.6) is 5.75 Å². The van der Waals surface area contributed by atoms with Crippen molar-refractivity contribution >= 4 is 11.8 Å². The molecule has 3 N–H and O–H groups in total. The lowest BCUT2D eigenvalue weighted by atomic mass is 10.2. The molecule has 0 bridgehead atoms. The quantitative estimate of drug-likeness (QED) is 0.769. The average molecular weight is 222 g/mol. The highest BCUT2D eigenvalue weighted by atomic mass is 16.6. The molecule has 16 heavy (non-hydrogen) atoms. The van der Waals surface area contributed by atoms with E-state index in [2.05, 4.69) is 12.2 Å². The highest BCUT2D eigenvalue weighted by Crippen LogP contribution is 2.13. The van der Waals surface area contributed by atoms with Gasteiger partial charge in [-0.15, -0.1) is 0 Å². The number of anilines is 1. The summed E-state index contributed by atoms with van der Waals surface area (Å²) in [5, 5.41) is 2.75. The van der Waals surface area contributed by atoms with Crippen LogP contribution in [0, 0.1) is 0 Å². The van der Waals surface area contributed by atoms with Crippen LogP contribution in [0.4, 0.5) is 10.5 Å². The third-order valence-electron chi connectivity index (χ3n) is 2.18. The number of carbonyl (C=O) groups excluding carboxylic acids is 1. The molecule has 0 aliphatic carbocycles. The van der Waals surface area contributed by atoms with Gasteiger partial charge in [0.05, 0.1) is 0 Å². The van der Waals surface area contributed by atoms with Crippen LogP contribution in [0.15, 0.2) is 24.3 Å². The second kappa shape index (κ2) is 6.00. The van der Waals surface area contributed by atoms with Crippen LogP contribution < -0.4 is 15.8 Å². The maximum absolute atomic E-state index is 11.4. The second-order valence-electron chi connectivity index (χ2n) is 3.79. The van der Waals surface area contributed by atoms with E-state index in [0.717, 1.165) is 12.8 Å². The Hall–Kier alpha value is -1.71. The van der Waals surface area contributed by atoms with Crippen molar-refractivity contribution in [3.05, 3.63) is 24.3 Å². The number of ether oxygens (including phenoxy) is 1. The van der Waals surface area contributed by atoms with Crippen LogP contribution in [-0.2, 0) is 0 Å². The summed E-state index contributed by atoms with van der Waals surface area (Å²) in [6, 6.07) is 6.85. The van der Waals surface area contributed by atoms with Crippen LogP contribution in [0.3, 0.4) is 0 Å². The Morgan fingerprint density at radius 3 is 2.62 bits per heavy atom. The highest BCUT2D eigenvalue weighted by Gasteiger charge is 2.07. The SMILES string of the molecule is CCC[C@@H](C)NC(=O)Oc1ccc(N)cc1. The van der Waals surface area contributed by atoms with Crippen molar-refractivity contribution in [1.29, 1.82) is 0 Å². The first kappa shape index (κ1) is 12.4. The van der Waals surface area contributed by atoms with Gasteiger partial charge in [0.1, 0.15) is 5.75 Å². The van der Waals surface area contributed by atoms with E-state index in [1.54, 1.807) is 24.3 Å². The van der Waals surface area contributed by atoms with E-state index in [1.165, 1.54) is 0 Å². The van der Waals surface area contributed by atoms with Crippen molar-refractivity contribution in [3.63, 3.8) is 0 Å². The fraction of sp³-hybridized carbons (Fsp3) is 0.417. The van der Waals surface area contributed by atoms with E-state index >= 15 is 0 Å². The molecule has 0 aliphatic rings. The number of carbonyl (C=O) groups is 1. The van der Waals surface area contributed by atoms with Gasteiger partial charge in [-0.3, -0.25) is 0 Å². The first-order chi connectivity index (χ1) is 7.61. The van der Waals surface area contributed by atoms with E-state index in [1.807, 2.05) is 6.92 Å². The van der Waals surface area contributed by atoms with Crippen molar-refractivity contribution in [2.45, 2.75) is 32.7 Å². The van der Waals surface area contributed by atoms with Crippen LogP contribution in [-0.4, -0.2) is 12.1 Å². The molecule has 1 amide bonds. The molecule has 0 unspecified atom stereocenters. The molecule has 0 heterocycles. The Balaban J connectivity index is 2.42. The molecule has 0 aliphatic heterocycles. The lowest BCUT2D eigenvalue weighted by Gasteiger charge is -2.12. The van der Waals surface area contributed by atoms with Crippen molar-refractivity contribution in [2.75, 3.05) is 5.73 Å². The van der Waals surface area contributed by atoms with E-state index in [9.17, 15) is 4.79 Å². The Morgan fingerprint density at radius 2 is 2.06 bits per heavy atom. The fourth-order valence-corrected chi connectivity index (χ4v) is 1.38. The van der Waals surface area contributed by atoms with Gasteiger partial charge in [0.2, 0.25) is 0 Å². The van der Waals surface area contributed by atoms with E-state index < -0.39 is 6.09 Å². The fourth-order valence-electron chi connectivity index (χ4n) is 1.38. The molecule has 0 saturated heterocycles. The van der Waals surface area contributed by atoms with Gasteiger partial charge in [0.25, 0.3) is 0 Å². The number of nitrogen functional groups attached to an aromatic ring is 1. The normalized spacial score (nSPS) is 11.9. The maximum Gasteiger partial charge on any atom is 0.412 e. The third-order valence-corrected chi connectivity index (χ3v) is 2.18. The topological polar surface area (TPSA) is 64.3 Å². The first-order valence-electron chi connectivity index (χ1n) is 5.45. The Bertz CT molecular complexity index is 335. The summed E-state index contributed by atoms with van der Waals surface area (Å²) >= 11 is 0. The van der Waals surface area contributed by atoms with Gasteiger partial charge in [-0.1, -0.05) is 13.3 Å². The Labute approximate surface area is 95.8 Å². The number of hydrogen-bond donors (Lipinski definition) is 2. The molecule has 0 fully saturated rings. The lowest BCUT2D eigenvalue weighted by molar-refractivity contribution is 0.196. The minimum atomic E-state index is -0.425. The summed E-state index contributed by atoms with van der Waals surface area (Å²) in [5.41, 5.74) is 6.17. The molecule has 4 heteroatoms. The van der Waals surface area contributed by atoms with Crippen molar-refractivity contribution in [1.82, 2.24) is 5.32 Å². The predicted molar refractivity (Wildman–Crippen MR) is 64.4 cm³/mol. The molecule has 0 spiro atoms. The molecular formula is C12H18N2O2. The maximum atomic E-state index is 11.4. The van der Waals surface area contributed by atoms with Crippen LogP contribution in [0.25, 0.3) is 0 Å². The number of nitrogens with one attached hydrogen (secondary N) is 1. The molecule has 1 aromatic rings. The molecule has 1 atom stereocenters. The van der Waals surface area contributed by atoms with Crippen molar-refractivity contribution in [3.8, 4) is 5.75 Å². The number of nitrogens with two attached hydrogens (primary N) is 1. The van der Waals surface area contributed by atoms with Gasteiger partial charge >= 0.3 is 6.09 Å². The van der Waals surface area contributed by atoms with Crippen LogP contribution in [0.2, 0.25) is 0 Å². The lowest BCUT2D eigenvalue weighted by Crippen LogP contribution is -2.34. The molecule has 0 radical (unpaired) electrons. The van der Waals surface area contributed by atoms with E-state index in [-0.39, 0.29) is 6.04 Å². The molecular weight excluding hydrogens is 204 g/mol.